The Balaban J connectivity index is 0.00000100. The van der Waals surface area contributed by atoms with Crippen molar-refractivity contribution in [3.05, 3.63) is 76.3 Å². The van der Waals surface area contributed by atoms with Crippen molar-refractivity contribution < 1.29 is 19.1 Å². The molecule has 0 amide bonds. The molecule has 264 valence electrons. The molecule has 1 saturated heterocycles. The van der Waals surface area contributed by atoms with Crippen LogP contribution in [-0.2, 0) is 9.53 Å². The lowest BCUT2D eigenvalue weighted by Crippen LogP contribution is -2.49. The fourth-order valence-corrected chi connectivity index (χ4v) is 7.62. The summed E-state index contributed by atoms with van der Waals surface area (Å²) >= 11 is 3.33. The smallest absolute Gasteiger partial charge is 0.176 e. The van der Waals surface area contributed by atoms with Crippen LogP contribution in [0.4, 0.5) is 0 Å². The van der Waals surface area contributed by atoms with Crippen LogP contribution in [0.15, 0.2) is 60.3 Å². The summed E-state index contributed by atoms with van der Waals surface area (Å²) in [4.78, 5) is 23.4. The minimum atomic E-state index is -0.358. The quantitative estimate of drug-likeness (QED) is 0.103. The molecular weight excluding hydrogens is 635 g/mol. The number of allylic oxidation sites excluding steroid dienone is 3. The number of hydrogen-bond acceptors (Lipinski definition) is 8. The maximum Gasteiger partial charge on any atom is 0.176 e. The first-order valence-electron chi connectivity index (χ1n) is 17.1. The van der Waals surface area contributed by atoms with Crippen LogP contribution in [0.5, 0.6) is 5.75 Å². The van der Waals surface area contributed by atoms with E-state index in [-0.39, 0.29) is 17.3 Å². The number of thiophene rings is 1. The van der Waals surface area contributed by atoms with E-state index in [2.05, 4.69) is 55.4 Å². The Hall–Kier alpha value is -2.59. The van der Waals surface area contributed by atoms with Crippen LogP contribution in [0.2, 0.25) is 0 Å². The second-order valence-corrected chi connectivity index (χ2v) is 14.5. The Labute approximate surface area is 301 Å². The first-order chi connectivity index (χ1) is 22.8. The summed E-state index contributed by atoms with van der Waals surface area (Å²) in [7, 11) is 8.96. The summed E-state index contributed by atoms with van der Waals surface area (Å²) in [6.07, 6.45) is 12.1. The molecule has 2 heterocycles. The fourth-order valence-electron chi connectivity index (χ4n) is 5.18. The molecule has 2 aromatic rings. The highest BCUT2D eigenvalue weighted by molar-refractivity contribution is 7.97. The van der Waals surface area contributed by atoms with Gasteiger partial charge in [0.15, 0.2) is 7.85 Å². The van der Waals surface area contributed by atoms with E-state index in [0.717, 1.165) is 83.7 Å². The summed E-state index contributed by atoms with van der Waals surface area (Å²) in [5.41, 5.74) is 10.8. The first kappa shape index (κ1) is 43.4. The van der Waals surface area contributed by atoms with Crippen LogP contribution in [-0.4, -0.2) is 62.3 Å². The highest BCUT2D eigenvalue weighted by Gasteiger charge is 2.36. The van der Waals surface area contributed by atoms with Gasteiger partial charge in [0.2, 0.25) is 0 Å². The highest BCUT2D eigenvalue weighted by atomic mass is 32.2. The van der Waals surface area contributed by atoms with E-state index in [4.69, 9.17) is 18.3 Å². The lowest BCUT2D eigenvalue weighted by atomic mass is 9.89. The van der Waals surface area contributed by atoms with E-state index >= 15 is 0 Å². The molecule has 48 heavy (non-hydrogen) atoms. The summed E-state index contributed by atoms with van der Waals surface area (Å²) in [6.45, 7) is 21.8. The Kier molecular flexibility index (Phi) is 20.1. The van der Waals surface area contributed by atoms with Gasteiger partial charge in [-0.1, -0.05) is 70.5 Å². The van der Waals surface area contributed by atoms with Gasteiger partial charge >= 0.3 is 0 Å². The second-order valence-electron chi connectivity index (χ2n) is 12.5. The summed E-state index contributed by atoms with van der Waals surface area (Å²) < 4.78 is 13.3. The number of carbonyl (C=O) groups is 2. The van der Waals surface area contributed by atoms with Crippen molar-refractivity contribution in [2.45, 2.75) is 105 Å². The number of carbonyl (C=O) groups excluding carboxylic acids is 2. The van der Waals surface area contributed by atoms with Gasteiger partial charge in [-0.15, -0.1) is 11.3 Å². The zero-order valence-corrected chi connectivity index (χ0v) is 32.7. The molecule has 1 aliphatic heterocycles. The highest BCUT2D eigenvalue weighted by Crippen LogP contribution is 2.43. The van der Waals surface area contributed by atoms with Gasteiger partial charge in [0.25, 0.3) is 0 Å². The summed E-state index contributed by atoms with van der Waals surface area (Å²) in [6, 6.07) is 8.29. The maximum absolute atomic E-state index is 12.1. The minimum absolute atomic E-state index is 0.0193. The van der Waals surface area contributed by atoms with Gasteiger partial charge in [-0.3, -0.25) is 0 Å². The third kappa shape index (κ3) is 13.7. The molecule has 2 aliphatic rings. The molecule has 1 saturated carbocycles. The van der Waals surface area contributed by atoms with Gasteiger partial charge < -0.3 is 24.8 Å². The van der Waals surface area contributed by atoms with E-state index in [1.165, 1.54) is 16.9 Å². The predicted molar refractivity (Wildman–Crippen MR) is 209 cm³/mol. The van der Waals surface area contributed by atoms with Crippen LogP contribution in [0.3, 0.4) is 0 Å². The molecule has 2 unspecified atom stereocenters. The van der Waals surface area contributed by atoms with E-state index < -0.39 is 0 Å². The molecule has 2 N–H and O–H groups in total. The molecule has 2 fully saturated rings. The van der Waals surface area contributed by atoms with Gasteiger partial charge in [-0.25, -0.2) is 4.31 Å². The third-order valence-corrected chi connectivity index (χ3v) is 10.9. The van der Waals surface area contributed by atoms with Gasteiger partial charge in [-0.05, 0) is 99.8 Å². The molecule has 1 aromatic heterocycles. The Morgan fingerprint density at radius 2 is 1.90 bits per heavy atom. The Morgan fingerprint density at radius 1 is 1.25 bits per heavy atom. The number of aldehydes is 1. The van der Waals surface area contributed by atoms with Crippen LogP contribution in [0.1, 0.15) is 107 Å². The van der Waals surface area contributed by atoms with E-state index in [0.29, 0.717) is 16.7 Å². The standard InChI is InChI=1S/C31H41BN2O2S2.C4H6O.C2H6O.C2H6/c1-8-20(4)27-21(5)28(30(32)35)38-29(27)23-12-11-13-25(17-23)36-26-14-15-34(31(6,7)18-26)37-19-22(9-2)16-24(33)10-3;5-3-4-1-2-4;1-3-2;1-2/h9-13,16-17,20,26H,2,8,14-15,18-19,33H2,1,3-7H3;3-4H,1-2H2;1-2H3;1-2H3/b22-16+,24-10+;;;. The van der Waals surface area contributed by atoms with Gasteiger partial charge in [-0.2, -0.15) is 0 Å². The van der Waals surface area contributed by atoms with Gasteiger partial charge in [0, 0.05) is 55.0 Å². The Bertz CT molecular complexity index is 1360. The lowest BCUT2D eigenvalue weighted by Gasteiger charge is -2.44. The normalized spacial score (nSPS) is 18.1. The molecule has 2 radical (unpaired) electrons. The van der Waals surface area contributed by atoms with E-state index in [1.807, 2.05) is 70.0 Å². The van der Waals surface area contributed by atoms with Crippen molar-refractivity contribution in [1.29, 1.82) is 0 Å². The fraction of sp³-hybridized carbons (Fsp3) is 0.538. The number of piperidine rings is 1. The van der Waals surface area contributed by atoms with Crippen molar-refractivity contribution in [3.63, 3.8) is 0 Å². The largest absolute Gasteiger partial charge is 0.490 e. The average molecular weight is 695 g/mol. The topological polar surface area (TPSA) is 81.9 Å². The number of rotatable bonds is 12. The van der Waals surface area contributed by atoms with E-state index in [9.17, 15) is 9.59 Å². The van der Waals surface area contributed by atoms with Crippen LogP contribution in [0, 0.1) is 12.8 Å². The van der Waals surface area contributed by atoms with Gasteiger partial charge in [0.1, 0.15) is 23.8 Å². The van der Waals surface area contributed by atoms with Crippen molar-refractivity contribution in [2.24, 2.45) is 11.7 Å². The summed E-state index contributed by atoms with van der Waals surface area (Å²) in [5, 5.41) is 0. The second kappa shape index (κ2) is 22.2. The number of ether oxygens (including phenoxy) is 2. The van der Waals surface area contributed by atoms with Crippen LogP contribution >= 0.6 is 23.3 Å². The number of methoxy groups -OCH3 is 1. The van der Waals surface area contributed by atoms with Gasteiger partial charge in [0.05, 0.1) is 4.88 Å². The van der Waals surface area contributed by atoms with Crippen LogP contribution < -0.4 is 10.5 Å². The SMILES string of the molecule is CC.COC.O=CC1CC1.[B]C(=O)c1sc(-c2cccc(OC3CCN(SC/C(C=C)=C/C(N)=C\C)C(C)(C)C3)c2)c(C(C)CC)c1C. The first-order valence-corrected chi connectivity index (χ1v) is 18.8. The molecule has 1 aromatic carbocycles. The average Bonchev–Trinajstić information content (AvgIpc) is 3.85. The van der Waals surface area contributed by atoms with Crippen LogP contribution in [0.25, 0.3) is 10.4 Å². The van der Waals surface area contributed by atoms with Crippen molar-refractivity contribution >= 4 is 43.1 Å². The predicted octanol–water partition coefficient (Wildman–Crippen LogP) is 9.67. The minimum Gasteiger partial charge on any atom is -0.490 e. The zero-order valence-electron chi connectivity index (χ0n) is 31.1. The molecule has 0 spiro atoms. The molecule has 0 bridgehead atoms. The molecule has 9 heteroatoms. The van der Waals surface area contributed by atoms with Crippen molar-refractivity contribution in [3.8, 4) is 16.2 Å². The number of nitrogens with two attached hydrogens (primary N) is 1. The third-order valence-electron chi connectivity index (χ3n) is 8.13. The number of nitrogens with zero attached hydrogens (tertiary/aromatic N) is 1. The monoisotopic (exact) mass is 694 g/mol. The molecular formula is C39H59BN2O4S2. The van der Waals surface area contributed by atoms with E-state index in [1.54, 1.807) is 14.2 Å². The molecule has 6 nitrogen and oxygen atoms in total. The zero-order chi connectivity index (χ0) is 36.4. The maximum atomic E-state index is 12.1. The molecule has 1 aliphatic carbocycles. The summed E-state index contributed by atoms with van der Waals surface area (Å²) in [5.74, 6) is 2.49. The molecule has 2 atom stereocenters. The van der Waals surface area contributed by atoms with Crippen molar-refractivity contribution in [2.75, 3.05) is 26.5 Å². The molecule has 4 rings (SSSR count). The number of hydrogen-bond donors (Lipinski definition) is 1. The number of benzene rings is 1. The lowest BCUT2D eigenvalue weighted by molar-refractivity contribution is -0.108. The Morgan fingerprint density at radius 3 is 2.38 bits per heavy atom. The van der Waals surface area contributed by atoms with Crippen molar-refractivity contribution in [1.82, 2.24) is 4.31 Å².